The third-order valence-corrected chi connectivity index (χ3v) is 5.79. The van der Waals surface area contributed by atoms with Gasteiger partial charge in [0.15, 0.2) is 0 Å². The fourth-order valence-corrected chi connectivity index (χ4v) is 3.99. The molecule has 0 N–H and O–H groups in total. The summed E-state index contributed by atoms with van der Waals surface area (Å²) in [5, 5.41) is 0. The zero-order chi connectivity index (χ0) is 22.5. The van der Waals surface area contributed by atoms with E-state index in [0.29, 0.717) is 24.4 Å². The van der Waals surface area contributed by atoms with Gasteiger partial charge >= 0.3 is 0 Å². The quantitative estimate of drug-likeness (QED) is 0.507. The van der Waals surface area contributed by atoms with Crippen molar-refractivity contribution in [3.8, 4) is 0 Å². The molecule has 2 amide bonds. The van der Waals surface area contributed by atoms with Crippen LogP contribution in [0.1, 0.15) is 29.2 Å². The molecule has 0 saturated heterocycles. The van der Waals surface area contributed by atoms with Crippen LogP contribution in [0.2, 0.25) is 0 Å². The molecular weight excluding hydrogens is 398 g/mol. The predicted molar refractivity (Wildman–Crippen MR) is 125 cm³/mol. The molecule has 0 aliphatic carbocycles. The first-order valence-corrected chi connectivity index (χ1v) is 10.9. The molecule has 32 heavy (non-hydrogen) atoms. The first kappa shape index (κ1) is 21.5. The summed E-state index contributed by atoms with van der Waals surface area (Å²) in [5.41, 5.74) is 4.95. The lowest BCUT2D eigenvalue weighted by atomic mass is 10.0. The Labute approximate surface area is 189 Å². The van der Waals surface area contributed by atoms with Gasteiger partial charge in [0, 0.05) is 25.5 Å². The van der Waals surface area contributed by atoms with Crippen LogP contribution >= 0.6 is 0 Å². The number of hydrogen-bond acceptors (Lipinski definition) is 4. The molecule has 0 spiro atoms. The molecule has 5 heteroatoms. The number of carbonyl (C=O) groups is 2. The van der Waals surface area contributed by atoms with E-state index < -0.39 is 0 Å². The maximum absolute atomic E-state index is 13.6. The number of carbonyl (C=O) groups excluding carboxylic acids is 2. The monoisotopic (exact) mass is 425 g/mol. The number of likely N-dealkylation sites (N-methyl/N-ethyl adjacent to an activating group) is 1. The van der Waals surface area contributed by atoms with Crippen molar-refractivity contribution in [3.05, 3.63) is 107 Å². The van der Waals surface area contributed by atoms with Crippen molar-refractivity contribution in [2.75, 3.05) is 13.1 Å². The number of nitrogens with zero attached hydrogens (tertiary/aromatic N) is 3. The van der Waals surface area contributed by atoms with E-state index in [9.17, 15) is 9.59 Å². The first-order valence-electron chi connectivity index (χ1n) is 10.9. The van der Waals surface area contributed by atoms with Crippen molar-refractivity contribution < 1.29 is 9.59 Å². The molecule has 0 fully saturated rings. The zero-order valence-corrected chi connectivity index (χ0v) is 18.5. The molecule has 162 valence electrons. The van der Waals surface area contributed by atoms with Crippen molar-refractivity contribution >= 4 is 17.4 Å². The minimum atomic E-state index is -0.236. The average molecular weight is 426 g/mol. The van der Waals surface area contributed by atoms with Gasteiger partial charge in [0.25, 0.3) is 11.8 Å². The van der Waals surface area contributed by atoms with Crippen LogP contribution in [-0.2, 0) is 22.6 Å². The van der Waals surface area contributed by atoms with Gasteiger partial charge in [-0.15, -0.1) is 0 Å². The van der Waals surface area contributed by atoms with E-state index in [1.807, 2.05) is 85.5 Å². The number of pyridine rings is 1. The highest BCUT2D eigenvalue weighted by molar-refractivity contribution is 6.35. The largest absolute Gasteiger partial charge is 0.366 e. The molecule has 4 rings (SSSR count). The minimum absolute atomic E-state index is 0.231. The van der Waals surface area contributed by atoms with E-state index >= 15 is 0 Å². The molecule has 1 aliphatic heterocycles. The zero-order valence-electron chi connectivity index (χ0n) is 18.5. The summed E-state index contributed by atoms with van der Waals surface area (Å²) in [5.74, 6) is -0.467. The molecule has 2 heterocycles. The van der Waals surface area contributed by atoms with Gasteiger partial charge in [-0.05, 0) is 49.1 Å². The van der Waals surface area contributed by atoms with Gasteiger partial charge < -0.3 is 4.90 Å². The Morgan fingerprint density at radius 3 is 2.19 bits per heavy atom. The topological polar surface area (TPSA) is 53.5 Å². The summed E-state index contributed by atoms with van der Waals surface area (Å²) in [6, 6.07) is 21.4. The van der Waals surface area contributed by atoms with E-state index in [-0.39, 0.29) is 18.4 Å². The van der Waals surface area contributed by atoms with Gasteiger partial charge in [-0.25, -0.2) is 0 Å². The fraction of sp³-hybridized carbons (Fsp3) is 0.222. The number of aryl methyl sites for hydroxylation is 1. The lowest BCUT2D eigenvalue weighted by Gasteiger charge is -2.25. The molecule has 3 aromatic rings. The Bertz CT molecular complexity index is 1120. The predicted octanol–water partition coefficient (Wildman–Crippen LogP) is 4.23. The molecule has 0 atom stereocenters. The van der Waals surface area contributed by atoms with Gasteiger partial charge in [-0.2, -0.15) is 0 Å². The van der Waals surface area contributed by atoms with Gasteiger partial charge in [0.05, 0.1) is 12.1 Å². The van der Waals surface area contributed by atoms with Crippen LogP contribution in [0.5, 0.6) is 0 Å². The van der Waals surface area contributed by atoms with Gasteiger partial charge in [-0.1, -0.05) is 60.2 Å². The summed E-state index contributed by atoms with van der Waals surface area (Å²) in [6.45, 7) is 5.57. The summed E-state index contributed by atoms with van der Waals surface area (Å²) in [6.07, 6.45) is 4.31. The van der Waals surface area contributed by atoms with Crippen LogP contribution in [0.3, 0.4) is 0 Å². The standard InChI is InChI=1S/C27H27N3O2/c1-3-29(18-15-21-13-16-28-17-14-21)25-24(23-11-9-20(2)10-12-23)26(31)30(27(25)32)19-22-7-5-4-6-8-22/h4-14,16-17H,3,15,18-19H2,1-2H3. The number of hydrogen-bond donors (Lipinski definition) is 0. The van der Waals surface area contributed by atoms with Crippen LogP contribution < -0.4 is 0 Å². The number of aromatic nitrogens is 1. The second-order valence-corrected chi connectivity index (χ2v) is 7.96. The molecule has 0 bridgehead atoms. The molecule has 1 aromatic heterocycles. The molecular formula is C27H27N3O2. The van der Waals surface area contributed by atoms with Crippen LogP contribution in [0.15, 0.2) is 84.8 Å². The summed E-state index contributed by atoms with van der Waals surface area (Å²) >= 11 is 0. The molecule has 0 saturated carbocycles. The second-order valence-electron chi connectivity index (χ2n) is 7.96. The van der Waals surface area contributed by atoms with Gasteiger partial charge in [0.1, 0.15) is 5.70 Å². The van der Waals surface area contributed by atoms with E-state index in [2.05, 4.69) is 4.98 Å². The van der Waals surface area contributed by atoms with E-state index in [1.54, 1.807) is 12.4 Å². The van der Waals surface area contributed by atoms with Crippen LogP contribution in [0, 0.1) is 6.92 Å². The van der Waals surface area contributed by atoms with Crippen LogP contribution in [-0.4, -0.2) is 39.7 Å². The van der Waals surface area contributed by atoms with Crippen molar-refractivity contribution in [3.63, 3.8) is 0 Å². The lowest BCUT2D eigenvalue weighted by Crippen LogP contribution is -2.35. The SMILES string of the molecule is CCN(CCc1ccncc1)C1=C(c2ccc(C)cc2)C(=O)N(Cc2ccccc2)C1=O. The number of imide groups is 1. The fourth-order valence-electron chi connectivity index (χ4n) is 3.99. The Kier molecular flexibility index (Phi) is 6.45. The van der Waals surface area contributed by atoms with Crippen molar-refractivity contribution in [2.45, 2.75) is 26.8 Å². The Morgan fingerprint density at radius 1 is 0.844 bits per heavy atom. The number of rotatable bonds is 8. The molecule has 0 radical (unpaired) electrons. The van der Waals surface area contributed by atoms with Crippen molar-refractivity contribution in [2.24, 2.45) is 0 Å². The highest BCUT2D eigenvalue weighted by atomic mass is 16.2. The Morgan fingerprint density at radius 2 is 1.53 bits per heavy atom. The third-order valence-electron chi connectivity index (χ3n) is 5.79. The highest BCUT2D eigenvalue weighted by Crippen LogP contribution is 2.33. The van der Waals surface area contributed by atoms with E-state index in [0.717, 1.165) is 28.7 Å². The van der Waals surface area contributed by atoms with Gasteiger partial charge in [-0.3, -0.25) is 19.5 Å². The molecule has 2 aromatic carbocycles. The summed E-state index contributed by atoms with van der Waals surface area (Å²) < 4.78 is 0. The maximum atomic E-state index is 13.6. The lowest BCUT2D eigenvalue weighted by molar-refractivity contribution is -0.138. The van der Waals surface area contributed by atoms with Gasteiger partial charge in [0.2, 0.25) is 0 Å². The van der Waals surface area contributed by atoms with Crippen molar-refractivity contribution in [1.82, 2.24) is 14.8 Å². The normalized spacial score (nSPS) is 13.8. The number of benzene rings is 2. The second kappa shape index (κ2) is 9.60. The van der Waals surface area contributed by atoms with Crippen LogP contribution in [0.25, 0.3) is 5.57 Å². The smallest absolute Gasteiger partial charge is 0.278 e. The molecule has 5 nitrogen and oxygen atoms in total. The van der Waals surface area contributed by atoms with E-state index in [4.69, 9.17) is 0 Å². The number of amides is 2. The third kappa shape index (κ3) is 4.47. The first-order chi connectivity index (χ1) is 15.6. The summed E-state index contributed by atoms with van der Waals surface area (Å²) in [4.78, 5) is 34.6. The Balaban J connectivity index is 1.69. The van der Waals surface area contributed by atoms with Crippen LogP contribution in [0.4, 0.5) is 0 Å². The Hall–Kier alpha value is -3.73. The molecule has 0 unspecified atom stereocenters. The summed E-state index contributed by atoms with van der Waals surface area (Å²) in [7, 11) is 0. The maximum Gasteiger partial charge on any atom is 0.278 e. The highest BCUT2D eigenvalue weighted by Gasteiger charge is 2.41. The minimum Gasteiger partial charge on any atom is -0.366 e. The van der Waals surface area contributed by atoms with Crippen molar-refractivity contribution in [1.29, 1.82) is 0 Å². The van der Waals surface area contributed by atoms with E-state index in [1.165, 1.54) is 4.90 Å². The average Bonchev–Trinajstić information content (AvgIpc) is 3.06. The molecule has 1 aliphatic rings.